The average molecular weight is 287 g/mol. The molecule has 1 fully saturated rings. The van der Waals surface area contributed by atoms with Crippen LogP contribution in [0.25, 0.3) is 0 Å². The Labute approximate surface area is 128 Å². The van der Waals surface area contributed by atoms with Crippen molar-refractivity contribution < 1.29 is 5.11 Å². The Morgan fingerprint density at radius 1 is 1.19 bits per heavy atom. The van der Waals surface area contributed by atoms with Gasteiger partial charge >= 0.3 is 0 Å². The van der Waals surface area contributed by atoms with E-state index in [0.717, 1.165) is 44.4 Å². The molecule has 3 N–H and O–H groups in total. The van der Waals surface area contributed by atoms with Crippen LogP contribution >= 0.6 is 0 Å². The van der Waals surface area contributed by atoms with E-state index in [1.807, 2.05) is 0 Å². The van der Waals surface area contributed by atoms with E-state index < -0.39 is 5.60 Å². The molecule has 2 nitrogen and oxygen atoms in total. The van der Waals surface area contributed by atoms with E-state index in [-0.39, 0.29) is 5.41 Å². The molecule has 0 radical (unpaired) electrons. The summed E-state index contributed by atoms with van der Waals surface area (Å²) in [5.74, 6) is 1.07. The van der Waals surface area contributed by atoms with Crippen molar-refractivity contribution >= 4 is 0 Å². The summed E-state index contributed by atoms with van der Waals surface area (Å²) in [4.78, 5) is 0. The highest BCUT2D eigenvalue weighted by Gasteiger charge is 2.54. The minimum atomic E-state index is -0.595. The predicted molar refractivity (Wildman–Crippen MR) is 87.1 cm³/mol. The van der Waals surface area contributed by atoms with Crippen LogP contribution in [0.4, 0.5) is 0 Å². The largest absolute Gasteiger partial charge is 0.389 e. The number of hydrogen-bond acceptors (Lipinski definition) is 2. The van der Waals surface area contributed by atoms with Crippen molar-refractivity contribution in [3.05, 3.63) is 35.4 Å². The first kappa shape index (κ1) is 15.1. The SMILES string of the molecule is CC1CCC(O)(C2(CN)CCc3ccccc3C2)C(C)C1. The first-order valence-electron chi connectivity index (χ1n) is 8.50. The highest BCUT2D eigenvalue weighted by atomic mass is 16.3. The average Bonchev–Trinajstić information content (AvgIpc) is 2.50. The number of hydrogen-bond donors (Lipinski definition) is 2. The molecule has 0 spiro atoms. The maximum atomic E-state index is 11.6. The van der Waals surface area contributed by atoms with E-state index in [0.29, 0.717) is 12.5 Å². The topological polar surface area (TPSA) is 46.2 Å². The maximum absolute atomic E-state index is 11.6. The molecule has 1 aromatic rings. The molecule has 2 aliphatic rings. The van der Waals surface area contributed by atoms with Crippen molar-refractivity contribution in [1.82, 2.24) is 0 Å². The molecule has 0 amide bonds. The maximum Gasteiger partial charge on any atom is 0.0744 e. The summed E-state index contributed by atoms with van der Waals surface area (Å²) in [6, 6.07) is 8.68. The van der Waals surface area contributed by atoms with Gasteiger partial charge in [0, 0.05) is 12.0 Å². The molecule has 0 saturated heterocycles. The second-order valence-corrected chi connectivity index (χ2v) is 7.63. The zero-order valence-electron chi connectivity index (χ0n) is 13.4. The molecule has 2 aliphatic carbocycles. The molecule has 21 heavy (non-hydrogen) atoms. The van der Waals surface area contributed by atoms with Crippen LogP contribution in [0.3, 0.4) is 0 Å². The number of benzene rings is 1. The van der Waals surface area contributed by atoms with Crippen molar-refractivity contribution in [2.24, 2.45) is 23.0 Å². The molecular weight excluding hydrogens is 258 g/mol. The van der Waals surface area contributed by atoms with Crippen LogP contribution in [0.1, 0.15) is 50.7 Å². The van der Waals surface area contributed by atoms with E-state index in [2.05, 4.69) is 38.1 Å². The molecule has 2 heteroatoms. The molecule has 3 rings (SSSR count). The number of nitrogens with two attached hydrogens (primary N) is 1. The van der Waals surface area contributed by atoms with Crippen LogP contribution in [0.15, 0.2) is 24.3 Å². The van der Waals surface area contributed by atoms with Gasteiger partial charge in [0.15, 0.2) is 0 Å². The summed E-state index contributed by atoms with van der Waals surface area (Å²) in [6.45, 7) is 5.13. The van der Waals surface area contributed by atoms with Crippen LogP contribution in [-0.2, 0) is 12.8 Å². The van der Waals surface area contributed by atoms with Crippen molar-refractivity contribution in [1.29, 1.82) is 0 Å². The van der Waals surface area contributed by atoms with E-state index in [4.69, 9.17) is 5.73 Å². The summed E-state index contributed by atoms with van der Waals surface area (Å²) < 4.78 is 0. The lowest BCUT2D eigenvalue weighted by Crippen LogP contribution is -2.60. The Morgan fingerprint density at radius 3 is 2.57 bits per heavy atom. The Bertz CT molecular complexity index is 514. The summed E-state index contributed by atoms with van der Waals surface area (Å²) in [7, 11) is 0. The highest BCUT2D eigenvalue weighted by Crippen LogP contribution is 2.52. The van der Waals surface area contributed by atoms with Crippen molar-refractivity contribution in [3.63, 3.8) is 0 Å². The monoisotopic (exact) mass is 287 g/mol. The molecule has 4 atom stereocenters. The summed E-state index contributed by atoms with van der Waals surface area (Å²) in [5.41, 5.74) is 8.36. The van der Waals surface area contributed by atoms with Gasteiger partial charge in [-0.05, 0) is 61.5 Å². The van der Waals surface area contributed by atoms with Crippen molar-refractivity contribution in [2.75, 3.05) is 6.54 Å². The van der Waals surface area contributed by atoms with Gasteiger partial charge in [-0.3, -0.25) is 0 Å². The van der Waals surface area contributed by atoms with Gasteiger partial charge in [-0.1, -0.05) is 38.1 Å². The lowest BCUT2D eigenvalue weighted by molar-refractivity contribution is -0.152. The molecule has 0 heterocycles. The predicted octanol–water partition coefficient (Wildman–Crippen LogP) is 3.31. The second-order valence-electron chi connectivity index (χ2n) is 7.63. The molecule has 0 aliphatic heterocycles. The Morgan fingerprint density at radius 2 is 1.90 bits per heavy atom. The van der Waals surface area contributed by atoms with Gasteiger partial charge < -0.3 is 10.8 Å². The van der Waals surface area contributed by atoms with E-state index >= 15 is 0 Å². The fraction of sp³-hybridized carbons (Fsp3) is 0.684. The fourth-order valence-corrected chi connectivity index (χ4v) is 4.94. The minimum absolute atomic E-state index is 0.138. The normalized spacial score (nSPS) is 39.8. The Balaban J connectivity index is 1.95. The highest BCUT2D eigenvalue weighted by molar-refractivity contribution is 5.32. The third-order valence-electron chi connectivity index (χ3n) is 6.42. The first-order chi connectivity index (χ1) is 10.0. The smallest absolute Gasteiger partial charge is 0.0744 e. The Kier molecular flexibility index (Phi) is 3.87. The summed E-state index contributed by atoms with van der Waals surface area (Å²) in [5, 5.41) is 11.6. The molecular formula is C19H29NO. The molecule has 1 saturated carbocycles. The van der Waals surface area contributed by atoms with E-state index in [9.17, 15) is 5.11 Å². The Hall–Kier alpha value is -0.860. The van der Waals surface area contributed by atoms with E-state index in [1.54, 1.807) is 0 Å². The lowest BCUT2D eigenvalue weighted by atomic mass is 9.54. The number of aryl methyl sites for hydroxylation is 1. The third kappa shape index (κ3) is 2.33. The van der Waals surface area contributed by atoms with Gasteiger partial charge in [-0.25, -0.2) is 0 Å². The number of rotatable bonds is 2. The van der Waals surface area contributed by atoms with Crippen LogP contribution < -0.4 is 5.73 Å². The van der Waals surface area contributed by atoms with Crippen molar-refractivity contribution in [2.45, 2.75) is 58.0 Å². The first-order valence-corrected chi connectivity index (χ1v) is 8.50. The number of aliphatic hydroxyl groups is 1. The van der Waals surface area contributed by atoms with Gasteiger partial charge in [0.25, 0.3) is 0 Å². The van der Waals surface area contributed by atoms with Crippen molar-refractivity contribution in [3.8, 4) is 0 Å². The minimum Gasteiger partial charge on any atom is -0.389 e. The molecule has 116 valence electrons. The standard InChI is InChI=1S/C19H29NO/c1-14-7-10-19(21,15(2)11-14)18(13-20)9-8-16-5-3-4-6-17(16)12-18/h3-6,14-15,21H,7-13,20H2,1-2H3. The fourth-order valence-electron chi connectivity index (χ4n) is 4.94. The molecule has 0 bridgehead atoms. The van der Waals surface area contributed by atoms with Gasteiger partial charge in [0.2, 0.25) is 0 Å². The van der Waals surface area contributed by atoms with Gasteiger partial charge in [0.1, 0.15) is 0 Å². The zero-order valence-corrected chi connectivity index (χ0v) is 13.4. The lowest BCUT2D eigenvalue weighted by Gasteiger charge is -2.55. The van der Waals surface area contributed by atoms with Gasteiger partial charge in [-0.15, -0.1) is 0 Å². The molecule has 0 aromatic heterocycles. The second kappa shape index (κ2) is 5.40. The van der Waals surface area contributed by atoms with Gasteiger partial charge in [0.05, 0.1) is 5.60 Å². The summed E-state index contributed by atoms with van der Waals surface area (Å²) >= 11 is 0. The zero-order chi connectivity index (χ0) is 15.1. The summed E-state index contributed by atoms with van der Waals surface area (Å²) in [6.07, 6.45) is 6.18. The quantitative estimate of drug-likeness (QED) is 0.876. The van der Waals surface area contributed by atoms with Crippen LogP contribution in [-0.4, -0.2) is 17.3 Å². The van der Waals surface area contributed by atoms with Crippen LogP contribution in [0, 0.1) is 17.3 Å². The molecule has 1 aromatic carbocycles. The van der Waals surface area contributed by atoms with Crippen LogP contribution in [0.5, 0.6) is 0 Å². The third-order valence-corrected chi connectivity index (χ3v) is 6.42. The van der Waals surface area contributed by atoms with Crippen LogP contribution in [0.2, 0.25) is 0 Å². The number of fused-ring (bicyclic) bond motifs is 1. The van der Waals surface area contributed by atoms with E-state index in [1.165, 1.54) is 11.1 Å². The molecule has 4 unspecified atom stereocenters. The van der Waals surface area contributed by atoms with Gasteiger partial charge in [-0.2, -0.15) is 0 Å².